The zero-order valence-corrected chi connectivity index (χ0v) is 14.7. The van der Waals surface area contributed by atoms with Crippen molar-refractivity contribution in [3.8, 4) is 5.75 Å². The lowest BCUT2D eigenvalue weighted by Crippen LogP contribution is -2.29. The predicted octanol–water partition coefficient (Wildman–Crippen LogP) is 3.78. The molecular weight excluding hydrogens is 353 g/mol. The molecule has 1 aromatic carbocycles. The third-order valence-electron chi connectivity index (χ3n) is 3.28. The molecule has 0 aliphatic carbocycles. The van der Waals surface area contributed by atoms with E-state index in [1.165, 1.54) is 24.3 Å². The van der Waals surface area contributed by atoms with E-state index in [-0.39, 0.29) is 5.75 Å². The second-order valence-electron chi connectivity index (χ2n) is 5.46. The van der Waals surface area contributed by atoms with Crippen LogP contribution in [0, 0.1) is 13.8 Å². The fourth-order valence-electron chi connectivity index (χ4n) is 2.25. The number of hydrogen-bond donors (Lipinski definition) is 2. The monoisotopic (exact) mass is 372 g/mol. The molecule has 2 N–H and O–H groups in total. The van der Waals surface area contributed by atoms with Crippen molar-refractivity contribution < 1.29 is 17.9 Å². The van der Waals surface area contributed by atoms with Crippen LogP contribution in [-0.4, -0.2) is 27.8 Å². The highest BCUT2D eigenvalue weighted by atomic mass is 32.1. The molecule has 2 aromatic rings. The maximum Gasteiger partial charge on any atom is 0.573 e. The molecule has 0 bridgehead atoms. The maximum absolute atomic E-state index is 12.1. The molecule has 2 rings (SSSR count). The molecule has 0 atom stereocenters. The van der Waals surface area contributed by atoms with Gasteiger partial charge < -0.3 is 15.4 Å². The van der Waals surface area contributed by atoms with E-state index in [1.807, 2.05) is 24.6 Å². The lowest BCUT2D eigenvalue weighted by molar-refractivity contribution is -0.274. The maximum atomic E-state index is 12.1. The molecule has 25 heavy (non-hydrogen) atoms. The molecule has 0 amide bonds. The Kier molecular flexibility index (Phi) is 6.24. The molecule has 0 spiro atoms. The van der Waals surface area contributed by atoms with Gasteiger partial charge >= 0.3 is 6.36 Å². The summed E-state index contributed by atoms with van der Waals surface area (Å²) in [6.07, 6.45) is -3.86. The molecule has 0 saturated heterocycles. The molecular formula is C16H19F3N4OS. The Morgan fingerprint density at radius 3 is 2.48 bits per heavy atom. The minimum absolute atomic E-state index is 0.276. The average molecular weight is 372 g/mol. The van der Waals surface area contributed by atoms with E-state index in [2.05, 4.69) is 20.5 Å². The van der Waals surface area contributed by atoms with E-state index in [4.69, 9.17) is 12.2 Å². The van der Waals surface area contributed by atoms with Crippen molar-refractivity contribution in [3.63, 3.8) is 0 Å². The minimum atomic E-state index is -4.70. The van der Waals surface area contributed by atoms with Crippen molar-refractivity contribution in [1.82, 2.24) is 15.1 Å². The lowest BCUT2D eigenvalue weighted by atomic mass is 10.3. The summed E-state index contributed by atoms with van der Waals surface area (Å²) in [6, 6.07) is 7.39. The molecule has 0 saturated carbocycles. The zero-order valence-electron chi connectivity index (χ0n) is 13.9. The Bertz CT molecular complexity index is 713. The smallest absolute Gasteiger partial charge is 0.406 e. The Labute approximate surface area is 149 Å². The summed E-state index contributed by atoms with van der Waals surface area (Å²) in [5, 5.41) is 10.7. The number of nitrogens with zero attached hydrogens (tertiary/aromatic N) is 2. The third kappa shape index (κ3) is 6.61. The van der Waals surface area contributed by atoms with Crippen LogP contribution in [0.25, 0.3) is 0 Å². The van der Waals surface area contributed by atoms with Gasteiger partial charge in [0.25, 0.3) is 0 Å². The standard InChI is InChI=1S/C16H19F3N4OS/c1-11-10-12(2)23(22-11)9-3-8-20-15(25)21-13-4-6-14(7-5-13)24-16(17,18)19/h4-7,10H,3,8-9H2,1-2H3,(H2,20,21,25). The summed E-state index contributed by atoms with van der Waals surface area (Å²) in [5.41, 5.74) is 2.67. The highest BCUT2D eigenvalue weighted by Crippen LogP contribution is 2.23. The molecule has 136 valence electrons. The van der Waals surface area contributed by atoms with Crippen LogP contribution in [0.5, 0.6) is 5.75 Å². The molecule has 9 heteroatoms. The van der Waals surface area contributed by atoms with Gasteiger partial charge in [-0.05, 0) is 62.8 Å². The number of rotatable bonds is 6. The summed E-state index contributed by atoms with van der Waals surface area (Å²) < 4.78 is 42.0. The van der Waals surface area contributed by atoms with E-state index in [0.29, 0.717) is 17.3 Å². The van der Waals surface area contributed by atoms with Crippen molar-refractivity contribution in [3.05, 3.63) is 41.7 Å². The Morgan fingerprint density at radius 1 is 1.24 bits per heavy atom. The van der Waals surface area contributed by atoms with Gasteiger partial charge in [0.05, 0.1) is 5.69 Å². The van der Waals surface area contributed by atoms with Crippen LogP contribution in [0.15, 0.2) is 30.3 Å². The van der Waals surface area contributed by atoms with E-state index >= 15 is 0 Å². The highest BCUT2D eigenvalue weighted by Gasteiger charge is 2.30. The summed E-state index contributed by atoms with van der Waals surface area (Å²) in [7, 11) is 0. The topological polar surface area (TPSA) is 51.1 Å². The average Bonchev–Trinajstić information content (AvgIpc) is 2.82. The van der Waals surface area contributed by atoms with Crippen LogP contribution in [0.4, 0.5) is 18.9 Å². The number of benzene rings is 1. The Morgan fingerprint density at radius 2 is 1.92 bits per heavy atom. The van der Waals surface area contributed by atoms with Gasteiger partial charge in [0.15, 0.2) is 5.11 Å². The van der Waals surface area contributed by atoms with Gasteiger partial charge in [-0.15, -0.1) is 13.2 Å². The number of aryl methyl sites for hydroxylation is 3. The molecule has 5 nitrogen and oxygen atoms in total. The first-order chi connectivity index (χ1) is 11.7. The zero-order chi connectivity index (χ0) is 18.4. The minimum Gasteiger partial charge on any atom is -0.406 e. The van der Waals surface area contributed by atoms with Crippen molar-refractivity contribution in [1.29, 1.82) is 0 Å². The summed E-state index contributed by atoms with van der Waals surface area (Å²) >= 11 is 5.16. The van der Waals surface area contributed by atoms with Gasteiger partial charge in [-0.3, -0.25) is 4.68 Å². The normalized spacial score (nSPS) is 11.2. The number of aromatic nitrogens is 2. The van der Waals surface area contributed by atoms with Gasteiger partial charge in [0, 0.05) is 24.5 Å². The summed E-state index contributed by atoms with van der Waals surface area (Å²) in [6.45, 7) is 5.38. The Balaban J connectivity index is 1.72. The lowest BCUT2D eigenvalue weighted by Gasteiger charge is -2.12. The molecule has 1 aromatic heterocycles. The van der Waals surface area contributed by atoms with Crippen molar-refractivity contribution in [2.24, 2.45) is 0 Å². The fraction of sp³-hybridized carbons (Fsp3) is 0.375. The van der Waals surface area contributed by atoms with Crippen LogP contribution in [-0.2, 0) is 6.54 Å². The predicted molar refractivity (Wildman–Crippen MR) is 93.7 cm³/mol. The van der Waals surface area contributed by atoms with Gasteiger partial charge in [0.2, 0.25) is 0 Å². The van der Waals surface area contributed by atoms with Crippen molar-refractivity contribution in [2.75, 3.05) is 11.9 Å². The van der Waals surface area contributed by atoms with Gasteiger partial charge in [-0.2, -0.15) is 5.10 Å². The second kappa shape index (κ2) is 8.19. The summed E-state index contributed by atoms with van der Waals surface area (Å²) in [5.74, 6) is -0.276. The quantitative estimate of drug-likeness (QED) is 0.597. The SMILES string of the molecule is Cc1cc(C)n(CCCNC(=S)Nc2ccc(OC(F)(F)F)cc2)n1. The fourth-order valence-corrected chi connectivity index (χ4v) is 2.47. The van der Waals surface area contributed by atoms with E-state index in [1.54, 1.807) is 0 Å². The second-order valence-corrected chi connectivity index (χ2v) is 5.87. The summed E-state index contributed by atoms with van der Waals surface area (Å²) in [4.78, 5) is 0. The number of ether oxygens (including phenoxy) is 1. The molecule has 0 unspecified atom stereocenters. The molecule has 1 heterocycles. The molecule has 0 radical (unpaired) electrons. The van der Waals surface area contributed by atoms with Gasteiger partial charge in [0.1, 0.15) is 5.75 Å². The number of halogens is 3. The van der Waals surface area contributed by atoms with Crippen LogP contribution < -0.4 is 15.4 Å². The van der Waals surface area contributed by atoms with E-state index in [0.717, 1.165) is 24.4 Å². The molecule has 0 aliphatic rings. The Hall–Kier alpha value is -2.29. The molecule has 0 fully saturated rings. The van der Waals surface area contributed by atoms with E-state index in [9.17, 15) is 13.2 Å². The van der Waals surface area contributed by atoms with Crippen LogP contribution in [0.3, 0.4) is 0 Å². The highest BCUT2D eigenvalue weighted by molar-refractivity contribution is 7.80. The first-order valence-corrected chi connectivity index (χ1v) is 8.05. The number of alkyl halides is 3. The first-order valence-electron chi connectivity index (χ1n) is 7.65. The van der Waals surface area contributed by atoms with Gasteiger partial charge in [-0.1, -0.05) is 0 Å². The van der Waals surface area contributed by atoms with Crippen LogP contribution in [0.2, 0.25) is 0 Å². The largest absolute Gasteiger partial charge is 0.573 e. The third-order valence-corrected chi connectivity index (χ3v) is 3.53. The van der Waals surface area contributed by atoms with Crippen molar-refractivity contribution in [2.45, 2.75) is 33.2 Å². The molecule has 0 aliphatic heterocycles. The number of nitrogens with one attached hydrogen (secondary N) is 2. The number of thiocarbonyl (C=S) groups is 1. The van der Waals surface area contributed by atoms with Crippen LogP contribution in [0.1, 0.15) is 17.8 Å². The van der Waals surface area contributed by atoms with Gasteiger partial charge in [-0.25, -0.2) is 0 Å². The number of hydrogen-bond acceptors (Lipinski definition) is 3. The van der Waals surface area contributed by atoms with Crippen LogP contribution >= 0.6 is 12.2 Å². The van der Waals surface area contributed by atoms with Crippen molar-refractivity contribution >= 4 is 23.0 Å². The number of anilines is 1. The van der Waals surface area contributed by atoms with E-state index < -0.39 is 6.36 Å². The first kappa shape index (κ1) is 19.0.